The van der Waals surface area contributed by atoms with Crippen LogP contribution in [0.2, 0.25) is 0 Å². The van der Waals surface area contributed by atoms with Gasteiger partial charge in [0.2, 0.25) is 0 Å². The Balaban J connectivity index is 1.74. The number of nitrogens with one attached hydrogen (secondary N) is 2. The summed E-state index contributed by atoms with van der Waals surface area (Å²) in [5.41, 5.74) is 1.51. The minimum Gasteiger partial charge on any atom is -0.332 e. The zero-order chi connectivity index (χ0) is 16.7. The number of aromatic nitrogens is 4. The Morgan fingerprint density at radius 2 is 1.75 bits per heavy atom. The van der Waals surface area contributed by atoms with E-state index in [9.17, 15) is 14.9 Å². The van der Waals surface area contributed by atoms with E-state index >= 15 is 0 Å². The first-order valence-electron chi connectivity index (χ1n) is 6.91. The van der Waals surface area contributed by atoms with E-state index in [1.54, 1.807) is 24.3 Å². The third-order valence-corrected chi connectivity index (χ3v) is 4.21. The predicted octanol–water partition coefficient (Wildman–Crippen LogP) is 2.86. The number of nitro benzene ring substituents is 1. The van der Waals surface area contributed by atoms with Crippen LogP contribution in [-0.4, -0.2) is 24.9 Å². The third kappa shape index (κ3) is 2.50. The van der Waals surface area contributed by atoms with Crippen molar-refractivity contribution in [3.05, 3.63) is 62.9 Å². The molecule has 0 aliphatic rings. The third-order valence-electron chi connectivity index (χ3n) is 3.44. The first kappa shape index (κ1) is 14.4. The van der Waals surface area contributed by atoms with E-state index in [1.165, 1.54) is 12.1 Å². The van der Waals surface area contributed by atoms with Crippen LogP contribution in [0.3, 0.4) is 0 Å². The smallest absolute Gasteiger partial charge is 0.271 e. The molecule has 0 saturated carbocycles. The summed E-state index contributed by atoms with van der Waals surface area (Å²) < 4.78 is 0. The van der Waals surface area contributed by atoms with E-state index in [0.29, 0.717) is 32.2 Å². The maximum absolute atomic E-state index is 12.1. The number of H-pyrrole nitrogens is 2. The average Bonchev–Trinajstić information content (AvgIpc) is 2.96. The Bertz CT molecular complexity index is 1150. The molecule has 0 spiro atoms. The van der Waals surface area contributed by atoms with Crippen LogP contribution in [-0.2, 0) is 0 Å². The molecule has 0 amide bonds. The molecular weight excluding hydrogens is 330 g/mol. The molecule has 2 heterocycles. The van der Waals surface area contributed by atoms with Gasteiger partial charge in [0, 0.05) is 12.1 Å². The van der Waals surface area contributed by atoms with E-state index in [-0.39, 0.29) is 11.2 Å². The summed E-state index contributed by atoms with van der Waals surface area (Å²) in [6.45, 7) is 0. The molecule has 2 aromatic carbocycles. The largest absolute Gasteiger partial charge is 0.332 e. The first-order chi connectivity index (χ1) is 11.6. The number of hydrogen-bond acceptors (Lipinski definition) is 6. The number of non-ortho nitro benzene ring substituents is 1. The monoisotopic (exact) mass is 339 g/mol. The molecule has 9 heteroatoms. The molecule has 0 radical (unpaired) electrons. The van der Waals surface area contributed by atoms with Crippen LogP contribution >= 0.6 is 11.8 Å². The van der Waals surface area contributed by atoms with Gasteiger partial charge in [0.05, 0.1) is 26.9 Å². The fourth-order valence-electron chi connectivity index (χ4n) is 2.34. The van der Waals surface area contributed by atoms with Gasteiger partial charge in [-0.2, -0.15) is 0 Å². The van der Waals surface area contributed by atoms with Gasteiger partial charge < -0.3 is 9.97 Å². The van der Waals surface area contributed by atoms with E-state index in [1.807, 2.05) is 6.07 Å². The van der Waals surface area contributed by atoms with Crippen LogP contribution in [0.1, 0.15) is 0 Å². The second-order valence-corrected chi connectivity index (χ2v) is 5.97. The van der Waals surface area contributed by atoms with Crippen molar-refractivity contribution < 1.29 is 4.92 Å². The molecule has 0 aliphatic heterocycles. The highest BCUT2D eigenvalue weighted by molar-refractivity contribution is 7.99. The fraction of sp³-hybridized carbons (Fsp3) is 0. The Morgan fingerprint density at radius 1 is 1.00 bits per heavy atom. The van der Waals surface area contributed by atoms with Crippen LogP contribution in [0.15, 0.2) is 57.6 Å². The molecule has 8 nitrogen and oxygen atoms in total. The molecule has 0 atom stereocenters. The summed E-state index contributed by atoms with van der Waals surface area (Å²) in [7, 11) is 0. The lowest BCUT2D eigenvalue weighted by molar-refractivity contribution is -0.384. The second-order valence-electron chi connectivity index (χ2n) is 4.99. The molecule has 0 saturated heterocycles. The number of para-hydroxylation sites is 1. The number of nitro groups is 1. The Hall–Kier alpha value is -3.20. The minimum atomic E-state index is -0.463. The maximum atomic E-state index is 12.1. The number of hydrogen-bond donors (Lipinski definition) is 2. The summed E-state index contributed by atoms with van der Waals surface area (Å²) in [6.07, 6.45) is 0. The quantitative estimate of drug-likeness (QED) is 0.337. The van der Waals surface area contributed by atoms with Gasteiger partial charge >= 0.3 is 0 Å². The van der Waals surface area contributed by atoms with E-state index in [4.69, 9.17) is 0 Å². The molecule has 0 aliphatic carbocycles. The molecule has 4 rings (SSSR count). The number of imidazole rings is 1. The van der Waals surface area contributed by atoms with Crippen molar-refractivity contribution in [1.82, 2.24) is 19.9 Å². The summed E-state index contributed by atoms with van der Waals surface area (Å²) >= 11 is 1.15. The fourth-order valence-corrected chi connectivity index (χ4v) is 3.12. The van der Waals surface area contributed by atoms with Crippen molar-refractivity contribution in [3.8, 4) is 0 Å². The highest BCUT2D eigenvalue weighted by atomic mass is 32.2. The Morgan fingerprint density at radius 3 is 2.58 bits per heavy atom. The lowest BCUT2D eigenvalue weighted by Gasteiger charge is -2.00. The lowest BCUT2D eigenvalue weighted by Crippen LogP contribution is -2.08. The van der Waals surface area contributed by atoms with Crippen molar-refractivity contribution in [2.45, 2.75) is 10.3 Å². The molecule has 24 heavy (non-hydrogen) atoms. The van der Waals surface area contributed by atoms with Crippen LogP contribution in [0.25, 0.3) is 21.9 Å². The van der Waals surface area contributed by atoms with Crippen molar-refractivity contribution in [3.63, 3.8) is 0 Å². The molecule has 2 N–H and O–H groups in total. The highest BCUT2D eigenvalue weighted by Crippen LogP contribution is 2.26. The van der Waals surface area contributed by atoms with Crippen molar-refractivity contribution in [1.29, 1.82) is 0 Å². The number of rotatable bonds is 3. The zero-order valence-corrected chi connectivity index (χ0v) is 12.8. The number of nitrogens with zero attached hydrogens (tertiary/aromatic N) is 3. The molecule has 118 valence electrons. The first-order valence-corrected chi connectivity index (χ1v) is 7.73. The summed E-state index contributed by atoms with van der Waals surface area (Å²) in [5, 5.41) is 12.2. The van der Waals surface area contributed by atoms with E-state index in [2.05, 4.69) is 19.9 Å². The van der Waals surface area contributed by atoms with Crippen LogP contribution < -0.4 is 5.56 Å². The highest BCUT2D eigenvalue weighted by Gasteiger charge is 2.12. The van der Waals surface area contributed by atoms with Crippen molar-refractivity contribution >= 4 is 39.4 Å². The lowest BCUT2D eigenvalue weighted by atomic mass is 10.2. The predicted molar refractivity (Wildman–Crippen MR) is 89.2 cm³/mol. The van der Waals surface area contributed by atoms with Gasteiger partial charge in [-0.25, -0.2) is 9.97 Å². The van der Waals surface area contributed by atoms with Gasteiger partial charge in [-0.05, 0) is 30.0 Å². The van der Waals surface area contributed by atoms with Crippen LogP contribution in [0.5, 0.6) is 0 Å². The molecular formula is C15H9N5O3S. The minimum absolute atomic E-state index is 0.0139. The topological polar surface area (TPSA) is 118 Å². The zero-order valence-electron chi connectivity index (χ0n) is 12.0. The summed E-state index contributed by atoms with van der Waals surface area (Å²) in [6, 6.07) is 11.4. The number of benzene rings is 2. The maximum Gasteiger partial charge on any atom is 0.271 e. The van der Waals surface area contributed by atoms with Crippen LogP contribution in [0, 0.1) is 10.1 Å². The van der Waals surface area contributed by atoms with Gasteiger partial charge in [0.1, 0.15) is 0 Å². The number of aromatic amines is 2. The standard InChI is InChI=1S/C15H9N5O3S/c21-13-9-3-1-2-4-10(9)16-15(19-13)24-14-17-11-6-5-8(20(22)23)7-12(11)18-14/h1-7H,(H,17,18)(H,16,19,21). The Kier molecular flexibility index (Phi) is 3.28. The molecule has 4 aromatic rings. The molecule has 0 unspecified atom stereocenters. The average molecular weight is 339 g/mol. The van der Waals surface area contributed by atoms with Gasteiger partial charge in [-0.15, -0.1) is 0 Å². The van der Waals surface area contributed by atoms with E-state index in [0.717, 1.165) is 11.8 Å². The Labute approximate surface area is 138 Å². The summed E-state index contributed by atoms with van der Waals surface area (Å²) in [5.74, 6) is 0. The van der Waals surface area contributed by atoms with Gasteiger partial charge in [0.15, 0.2) is 10.3 Å². The summed E-state index contributed by atoms with van der Waals surface area (Å²) in [4.78, 5) is 36.8. The van der Waals surface area contributed by atoms with Gasteiger partial charge in [0.25, 0.3) is 11.2 Å². The molecule has 2 aromatic heterocycles. The SMILES string of the molecule is O=c1[nH]c(Sc2nc3ccc([N+](=O)[O-])cc3[nH]2)nc2ccccc12. The second kappa shape index (κ2) is 5.46. The van der Waals surface area contributed by atoms with Crippen molar-refractivity contribution in [2.24, 2.45) is 0 Å². The molecule has 0 fully saturated rings. The van der Waals surface area contributed by atoms with Gasteiger partial charge in [-0.3, -0.25) is 14.9 Å². The van der Waals surface area contributed by atoms with Crippen LogP contribution in [0.4, 0.5) is 5.69 Å². The molecule has 0 bridgehead atoms. The van der Waals surface area contributed by atoms with Gasteiger partial charge in [-0.1, -0.05) is 12.1 Å². The van der Waals surface area contributed by atoms with E-state index < -0.39 is 4.92 Å². The normalized spacial score (nSPS) is 11.2. The number of fused-ring (bicyclic) bond motifs is 2. The van der Waals surface area contributed by atoms with Crippen molar-refractivity contribution in [2.75, 3.05) is 0 Å².